The Bertz CT molecular complexity index is 1110. The molecule has 1 aliphatic heterocycles. The molecule has 0 amide bonds. The number of aromatic nitrogens is 2. The van der Waals surface area contributed by atoms with E-state index in [0.717, 1.165) is 50.4 Å². The summed E-state index contributed by atoms with van der Waals surface area (Å²) < 4.78 is 10.2. The van der Waals surface area contributed by atoms with Crippen molar-refractivity contribution in [1.29, 1.82) is 0 Å². The van der Waals surface area contributed by atoms with E-state index in [9.17, 15) is 4.79 Å². The molecule has 0 radical (unpaired) electrons. The summed E-state index contributed by atoms with van der Waals surface area (Å²) in [5.74, 6) is 0.406. The quantitative estimate of drug-likeness (QED) is 0.513. The molecule has 5 rings (SSSR count). The zero-order chi connectivity index (χ0) is 22.0. The van der Waals surface area contributed by atoms with Crippen LogP contribution in [0.5, 0.6) is 5.75 Å². The molecule has 3 aromatic rings. The lowest BCUT2D eigenvalue weighted by molar-refractivity contribution is 0.272. The van der Waals surface area contributed by atoms with Gasteiger partial charge in [0.2, 0.25) is 5.75 Å². The summed E-state index contributed by atoms with van der Waals surface area (Å²) in [6.45, 7) is 4.07. The first kappa shape index (κ1) is 21.1. The van der Waals surface area contributed by atoms with Crippen LogP contribution in [0.1, 0.15) is 18.4 Å². The molecule has 1 saturated heterocycles. The van der Waals surface area contributed by atoms with E-state index in [1.807, 2.05) is 36.4 Å². The maximum Gasteiger partial charge on any atom is 0.316 e. The lowest BCUT2D eigenvalue weighted by atomic mass is 9.97. The van der Waals surface area contributed by atoms with Crippen LogP contribution in [-0.2, 0) is 5.41 Å². The Morgan fingerprint density at radius 3 is 2.25 bits per heavy atom. The first-order valence-electron chi connectivity index (χ1n) is 11.1. The van der Waals surface area contributed by atoms with Crippen molar-refractivity contribution in [2.24, 2.45) is 0 Å². The van der Waals surface area contributed by atoms with Crippen LogP contribution < -0.4 is 15.2 Å². The lowest BCUT2D eigenvalue weighted by Crippen LogP contribution is -2.44. The van der Waals surface area contributed by atoms with Gasteiger partial charge in [-0.2, -0.15) is 9.78 Å². The molecule has 0 N–H and O–H groups in total. The standard InChI is InChI=1S/C25H28N4O2S/c1-32-28-16-14-27(15-17-28)22-18-26-29(21-10-6-3-7-11-21)24(30)23(22)31-19-25(12-13-25)20-8-4-2-5-9-20/h2-11,18H,12-17,19H2,1H3. The zero-order valence-electron chi connectivity index (χ0n) is 18.3. The summed E-state index contributed by atoms with van der Waals surface area (Å²) in [5.41, 5.74) is 2.62. The molecule has 32 heavy (non-hydrogen) atoms. The van der Waals surface area contributed by atoms with Gasteiger partial charge in [0.15, 0.2) is 0 Å². The molecule has 0 spiro atoms. The molecule has 166 valence electrons. The van der Waals surface area contributed by atoms with Crippen LogP contribution >= 0.6 is 11.9 Å². The van der Waals surface area contributed by atoms with Gasteiger partial charge in [0.25, 0.3) is 0 Å². The monoisotopic (exact) mass is 448 g/mol. The molecule has 1 aromatic heterocycles. The fourth-order valence-electron chi connectivity index (χ4n) is 4.32. The van der Waals surface area contributed by atoms with E-state index in [2.05, 4.69) is 44.8 Å². The first-order chi connectivity index (χ1) is 15.7. The second kappa shape index (κ2) is 9.00. The molecule has 1 saturated carbocycles. The van der Waals surface area contributed by atoms with Crippen LogP contribution in [-0.4, -0.2) is 53.1 Å². The van der Waals surface area contributed by atoms with Crippen LogP contribution in [0.15, 0.2) is 71.7 Å². The largest absolute Gasteiger partial charge is 0.485 e. The van der Waals surface area contributed by atoms with Gasteiger partial charge in [-0.3, -0.25) is 4.79 Å². The van der Waals surface area contributed by atoms with Crippen LogP contribution in [0.25, 0.3) is 5.69 Å². The van der Waals surface area contributed by atoms with E-state index in [1.165, 1.54) is 10.2 Å². The molecule has 2 heterocycles. The number of nitrogens with zero attached hydrogens (tertiary/aromatic N) is 4. The minimum absolute atomic E-state index is 0.00334. The van der Waals surface area contributed by atoms with Gasteiger partial charge >= 0.3 is 5.56 Å². The molecule has 7 heteroatoms. The SMILES string of the molecule is CSN1CCN(c2cnn(-c3ccccc3)c(=O)c2OCC2(c3ccccc3)CC2)CC1. The molecular weight excluding hydrogens is 420 g/mol. The van der Waals surface area contributed by atoms with Crippen LogP contribution in [0.4, 0.5) is 5.69 Å². The molecule has 1 aliphatic carbocycles. The average Bonchev–Trinajstić information content (AvgIpc) is 3.65. The van der Waals surface area contributed by atoms with Gasteiger partial charge in [-0.05, 0) is 36.8 Å². The Morgan fingerprint density at radius 2 is 1.62 bits per heavy atom. The number of ether oxygens (including phenoxy) is 1. The summed E-state index contributed by atoms with van der Waals surface area (Å²) in [6, 6.07) is 20.0. The van der Waals surface area contributed by atoms with Crippen molar-refractivity contribution in [2.45, 2.75) is 18.3 Å². The molecule has 2 aliphatic rings. The second-order valence-electron chi connectivity index (χ2n) is 8.45. The van der Waals surface area contributed by atoms with E-state index >= 15 is 0 Å². The summed E-state index contributed by atoms with van der Waals surface area (Å²) in [5, 5.41) is 4.51. The topological polar surface area (TPSA) is 50.6 Å². The number of anilines is 1. The Balaban J connectivity index is 1.47. The number of benzene rings is 2. The Kier molecular flexibility index (Phi) is 5.93. The highest BCUT2D eigenvalue weighted by atomic mass is 32.2. The van der Waals surface area contributed by atoms with Crippen molar-refractivity contribution in [3.63, 3.8) is 0 Å². The molecule has 0 unspecified atom stereocenters. The van der Waals surface area contributed by atoms with Crippen LogP contribution in [0.3, 0.4) is 0 Å². The number of piperazine rings is 1. The third-order valence-corrected chi connectivity index (χ3v) is 7.37. The maximum atomic E-state index is 13.6. The zero-order valence-corrected chi connectivity index (χ0v) is 19.1. The predicted molar refractivity (Wildman–Crippen MR) is 130 cm³/mol. The summed E-state index contributed by atoms with van der Waals surface area (Å²) in [7, 11) is 0. The minimum atomic E-state index is -0.204. The Labute approximate surface area is 192 Å². The highest BCUT2D eigenvalue weighted by molar-refractivity contribution is 7.96. The van der Waals surface area contributed by atoms with Crippen molar-refractivity contribution in [3.05, 3.63) is 82.8 Å². The second-order valence-corrected chi connectivity index (χ2v) is 9.33. The molecular formula is C25H28N4O2S. The number of para-hydroxylation sites is 1. The average molecular weight is 449 g/mol. The maximum absolute atomic E-state index is 13.6. The van der Waals surface area contributed by atoms with Gasteiger partial charge in [0.1, 0.15) is 5.69 Å². The number of rotatable bonds is 7. The molecule has 0 bridgehead atoms. The minimum Gasteiger partial charge on any atom is -0.485 e. The van der Waals surface area contributed by atoms with E-state index in [1.54, 1.807) is 18.1 Å². The molecule has 0 atom stereocenters. The van der Waals surface area contributed by atoms with Crippen LogP contribution in [0, 0.1) is 0 Å². The first-order valence-corrected chi connectivity index (χ1v) is 12.3. The van der Waals surface area contributed by atoms with Gasteiger partial charge in [0, 0.05) is 31.6 Å². The normalized spacial score (nSPS) is 17.8. The molecule has 2 fully saturated rings. The third-order valence-electron chi connectivity index (χ3n) is 6.49. The van der Waals surface area contributed by atoms with Gasteiger partial charge in [-0.25, -0.2) is 4.31 Å². The van der Waals surface area contributed by atoms with Gasteiger partial charge in [-0.15, -0.1) is 0 Å². The highest BCUT2D eigenvalue weighted by Crippen LogP contribution is 2.48. The van der Waals surface area contributed by atoms with Crippen molar-refractivity contribution >= 4 is 17.6 Å². The highest BCUT2D eigenvalue weighted by Gasteiger charge is 2.45. The van der Waals surface area contributed by atoms with Crippen molar-refractivity contribution in [3.8, 4) is 11.4 Å². The smallest absolute Gasteiger partial charge is 0.316 e. The van der Waals surface area contributed by atoms with Crippen molar-refractivity contribution in [1.82, 2.24) is 14.1 Å². The van der Waals surface area contributed by atoms with Gasteiger partial charge in [0.05, 0.1) is 18.5 Å². The molecule has 6 nitrogen and oxygen atoms in total. The van der Waals surface area contributed by atoms with Crippen molar-refractivity contribution in [2.75, 3.05) is 43.9 Å². The number of hydrogen-bond acceptors (Lipinski definition) is 6. The summed E-state index contributed by atoms with van der Waals surface area (Å²) in [6.07, 6.45) is 6.05. The van der Waals surface area contributed by atoms with E-state index < -0.39 is 0 Å². The van der Waals surface area contributed by atoms with Crippen molar-refractivity contribution < 1.29 is 4.74 Å². The van der Waals surface area contributed by atoms with E-state index in [-0.39, 0.29) is 11.0 Å². The van der Waals surface area contributed by atoms with Crippen LogP contribution in [0.2, 0.25) is 0 Å². The van der Waals surface area contributed by atoms with Gasteiger partial charge in [-0.1, -0.05) is 60.5 Å². The summed E-state index contributed by atoms with van der Waals surface area (Å²) in [4.78, 5) is 15.8. The third kappa shape index (κ3) is 4.14. The Hall–Kier alpha value is -2.77. The fraction of sp³-hybridized carbons (Fsp3) is 0.360. The summed E-state index contributed by atoms with van der Waals surface area (Å²) >= 11 is 1.76. The predicted octanol–water partition coefficient (Wildman–Crippen LogP) is 3.74. The van der Waals surface area contributed by atoms with Gasteiger partial charge < -0.3 is 9.64 Å². The van der Waals surface area contributed by atoms with E-state index in [0.29, 0.717) is 12.4 Å². The fourth-order valence-corrected chi connectivity index (χ4v) is 4.85. The number of hydrogen-bond donors (Lipinski definition) is 0. The molecule has 2 aromatic carbocycles. The lowest BCUT2D eigenvalue weighted by Gasteiger charge is -2.35. The Morgan fingerprint density at radius 1 is 0.969 bits per heavy atom. The van der Waals surface area contributed by atoms with E-state index in [4.69, 9.17) is 4.74 Å².